The number of nitrogens with one attached hydrogen (secondary N) is 1. The van der Waals surface area contributed by atoms with Gasteiger partial charge in [-0.25, -0.2) is 9.78 Å². The third kappa shape index (κ3) is 2.62. The molecule has 1 N–H and O–H groups in total. The first-order valence-corrected chi connectivity index (χ1v) is 7.70. The first kappa shape index (κ1) is 14.4. The molecule has 6 nitrogen and oxygen atoms in total. The third-order valence-electron chi connectivity index (χ3n) is 4.04. The van der Waals surface area contributed by atoms with Crippen LogP contribution in [0.15, 0.2) is 54.9 Å². The van der Waals surface area contributed by atoms with E-state index in [0.717, 1.165) is 16.9 Å². The van der Waals surface area contributed by atoms with Crippen LogP contribution in [0.1, 0.15) is 21.6 Å². The molecule has 6 heteroatoms. The van der Waals surface area contributed by atoms with Crippen LogP contribution in [0, 0.1) is 0 Å². The van der Waals surface area contributed by atoms with Crippen LogP contribution in [0.2, 0.25) is 0 Å². The summed E-state index contributed by atoms with van der Waals surface area (Å²) in [7, 11) is 0. The lowest BCUT2D eigenvalue weighted by Crippen LogP contribution is -2.41. The topological polar surface area (TPSA) is 72.7 Å². The van der Waals surface area contributed by atoms with Crippen LogP contribution < -0.4 is 5.32 Å². The Kier molecular flexibility index (Phi) is 3.49. The SMILES string of the molecule is O=C1OC(C(=O)NCc2cn3ccccc3n2)Cc2ccccc21. The average Bonchev–Trinajstić information content (AvgIpc) is 3.02. The number of hydrogen-bond donors (Lipinski definition) is 1. The highest BCUT2D eigenvalue weighted by Gasteiger charge is 2.30. The van der Waals surface area contributed by atoms with E-state index in [9.17, 15) is 9.59 Å². The van der Waals surface area contributed by atoms with Crippen LogP contribution in [0.5, 0.6) is 0 Å². The number of carbonyl (C=O) groups excluding carboxylic acids is 2. The fourth-order valence-electron chi connectivity index (χ4n) is 2.84. The van der Waals surface area contributed by atoms with Crippen molar-refractivity contribution in [3.8, 4) is 0 Å². The second-order valence-electron chi connectivity index (χ2n) is 5.67. The largest absolute Gasteiger partial charge is 0.448 e. The molecule has 1 unspecified atom stereocenters. The molecular weight excluding hydrogens is 306 g/mol. The van der Waals surface area contributed by atoms with Crippen LogP contribution in [-0.2, 0) is 22.5 Å². The van der Waals surface area contributed by atoms with E-state index in [0.29, 0.717) is 12.0 Å². The number of benzene rings is 1. The van der Waals surface area contributed by atoms with Crippen LogP contribution in [0.25, 0.3) is 5.65 Å². The first-order chi connectivity index (χ1) is 11.7. The molecule has 0 fully saturated rings. The zero-order chi connectivity index (χ0) is 16.5. The van der Waals surface area contributed by atoms with Gasteiger partial charge in [0.2, 0.25) is 0 Å². The summed E-state index contributed by atoms with van der Waals surface area (Å²) in [6.07, 6.45) is 3.34. The zero-order valence-electron chi connectivity index (χ0n) is 12.8. The molecule has 1 aliphatic heterocycles. The van der Waals surface area contributed by atoms with Gasteiger partial charge in [0.15, 0.2) is 6.10 Å². The Labute approximate surface area is 138 Å². The highest BCUT2D eigenvalue weighted by Crippen LogP contribution is 2.20. The quantitative estimate of drug-likeness (QED) is 0.746. The smallest absolute Gasteiger partial charge is 0.339 e. The van der Waals surface area contributed by atoms with E-state index in [4.69, 9.17) is 4.74 Å². The van der Waals surface area contributed by atoms with Gasteiger partial charge in [-0.1, -0.05) is 24.3 Å². The lowest BCUT2D eigenvalue weighted by atomic mass is 9.98. The number of ether oxygens (including phenoxy) is 1. The molecule has 1 atom stereocenters. The number of amides is 1. The van der Waals surface area contributed by atoms with Crippen molar-refractivity contribution in [2.45, 2.75) is 19.1 Å². The van der Waals surface area contributed by atoms with Gasteiger partial charge in [-0.15, -0.1) is 0 Å². The Hall–Kier alpha value is -3.15. The molecule has 120 valence electrons. The Morgan fingerprint density at radius 1 is 1.25 bits per heavy atom. The van der Waals surface area contributed by atoms with Crippen molar-refractivity contribution in [2.75, 3.05) is 0 Å². The summed E-state index contributed by atoms with van der Waals surface area (Å²) in [5.41, 5.74) is 2.93. The van der Waals surface area contributed by atoms with E-state index in [-0.39, 0.29) is 12.5 Å². The van der Waals surface area contributed by atoms with Gasteiger partial charge in [0.1, 0.15) is 5.65 Å². The molecule has 0 aliphatic carbocycles. The molecule has 2 aromatic heterocycles. The highest BCUT2D eigenvalue weighted by molar-refractivity contribution is 5.95. The maximum atomic E-state index is 12.3. The molecular formula is C18H15N3O3. The predicted octanol–water partition coefficient (Wildman–Crippen LogP) is 1.73. The van der Waals surface area contributed by atoms with E-state index < -0.39 is 12.1 Å². The Morgan fingerprint density at radius 3 is 2.96 bits per heavy atom. The Bertz CT molecular complexity index is 899. The first-order valence-electron chi connectivity index (χ1n) is 7.70. The molecule has 24 heavy (non-hydrogen) atoms. The number of pyridine rings is 1. The molecule has 3 heterocycles. The lowest BCUT2D eigenvalue weighted by molar-refractivity contribution is -0.130. The summed E-state index contributed by atoms with van der Waals surface area (Å²) in [6.45, 7) is 0.288. The predicted molar refractivity (Wildman–Crippen MR) is 86.4 cm³/mol. The van der Waals surface area contributed by atoms with Gasteiger partial charge in [0.05, 0.1) is 17.8 Å². The van der Waals surface area contributed by atoms with Crippen molar-refractivity contribution >= 4 is 17.5 Å². The van der Waals surface area contributed by atoms with E-state index in [2.05, 4.69) is 10.3 Å². The summed E-state index contributed by atoms with van der Waals surface area (Å²) >= 11 is 0. The number of esters is 1. The van der Waals surface area contributed by atoms with E-state index in [1.807, 2.05) is 47.1 Å². The normalized spacial score (nSPS) is 16.5. The number of cyclic esters (lactones) is 1. The van der Waals surface area contributed by atoms with Gasteiger partial charge in [-0.2, -0.15) is 0 Å². The minimum absolute atomic E-state index is 0.288. The van der Waals surface area contributed by atoms with Crippen LogP contribution >= 0.6 is 0 Å². The maximum absolute atomic E-state index is 12.3. The van der Waals surface area contributed by atoms with E-state index in [1.54, 1.807) is 12.1 Å². The van der Waals surface area contributed by atoms with Gasteiger partial charge in [0.25, 0.3) is 5.91 Å². The average molecular weight is 321 g/mol. The standard InChI is InChI=1S/C18H15N3O3/c22-17(15-9-12-5-1-2-6-14(12)18(23)24-15)19-10-13-11-21-8-4-3-7-16(21)20-13/h1-8,11,15H,9-10H2,(H,19,22). The maximum Gasteiger partial charge on any atom is 0.339 e. The fourth-order valence-corrected chi connectivity index (χ4v) is 2.84. The van der Waals surface area contributed by atoms with Crippen LogP contribution in [0.4, 0.5) is 0 Å². The number of carbonyl (C=O) groups is 2. The van der Waals surface area contributed by atoms with E-state index >= 15 is 0 Å². The summed E-state index contributed by atoms with van der Waals surface area (Å²) in [5, 5.41) is 2.79. The summed E-state index contributed by atoms with van der Waals surface area (Å²) in [6, 6.07) is 12.9. The minimum atomic E-state index is -0.801. The van der Waals surface area contributed by atoms with Crippen molar-refractivity contribution < 1.29 is 14.3 Å². The highest BCUT2D eigenvalue weighted by atomic mass is 16.5. The molecule has 0 bridgehead atoms. The summed E-state index contributed by atoms with van der Waals surface area (Å²) in [5.74, 6) is -0.764. The van der Waals surface area contributed by atoms with Gasteiger partial charge in [-0.05, 0) is 23.8 Å². The van der Waals surface area contributed by atoms with Crippen molar-refractivity contribution in [3.05, 3.63) is 71.7 Å². The lowest BCUT2D eigenvalue weighted by Gasteiger charge is -2.23. The number of hydrogen-bond acceptors (Lipinski definition) is 4. The molecule has 0 saturated heterocycles. The molecule has 1 aliphatic rings. The number of fused-ring (bicyclic) bond motifs is 2. The number of nitrogens with zero attached hydrogens (tertiary/aromatic N) is 2. The molecule has 1 aromatic carbocycles. The van der Waals surface area contributed by atoms with Gasteiger partial charge in [-0.3, -0.25) is 4.79 Å². The van der Waals surface area contributed by atoms with Crippen molar-refractivity contribution in [1.29, 1.82) is 0 Å². The number of imidazole rings is 1. The minimum Gasteiger partial charge on any atom is -0.448 e. The molecule has 0 saturated carbocycles. The van der Waals surface area contributed by atoms with Crippen LogP contribution in [0.3, 0.4) is 0 Å². The monoisotopic (exact) mass is 321 g/mol. The molecule has 3 aromatic rings. The zero-order valence-corrected chi connectivity index (χ0v) is 12.8. The Morgan fingerprint density at radius 2 is 2.08 bits per heavy atom. The fraction of sp³-hybridized carbons (Fsp3) is 0.167. The van der Waals surface area contributed by atoms with Crippen molar-refractivity contribution in [1.82, 2.24) is 14.7 Å². The van der Waals surface area contributed by atoms with Crippen LogP contribution in [-0.4, -0.2) is 27.4 Å². The number of aromatic nitrogens is 2. The second kappa shape index (κ2) is 5.81. The summed E-state index contributed by atoms with van der Waals surface area (Å²) < 4.78 is 7.13. The molecule has 4 rings (SSSR count). The number of rotatable bonds is 3. The Balaban J connectivity index is 1.44. The molecule has 0 spiro atoms. The second-order valence-corrected chi connectivity index (χ2v) is 5.67. The molecule has 0 radical (unpaired) electrons. The summed E-state index contributed by atoms with van der Waals surface area (Å²) in [4.78, 5) is 28.7. The van der Waals surface area contributed by atoms with Gasteiger partial charge in [0, 0.05) is 18.8 Å². The van der Waals surface area contributed by atoms with Crippen molar-refractivity contribution in [3.63, 3.8) is 0 Å². The van der Waals surface area contributed by atoms with Gasteiger partial charge < -0.3 is 14.5 Å². The van der Waals surface area contributed by atoms with Crippen molar-refractivity contribution in [2.24, 2.45) is 0 Å². The van der Waals surface area contributed by atoms with E-state index in [1.165, 1.54) is 0 Å². The third-order valence-corrected chi connectivity index (χ3v) is 4.04. The van der Waals surface area contributed by atoms with Gasteiger partial charge >= 0.3 is 5.97 Å². The molecule has 1 amide bonds.